The molecule has 1 saturated heterocycles. The number of hydrogen-bond acceptors (Lipinski definition) is 4. The largest absolute Gasteiger partial charge is 0.316 e. The molecule has 2 heterocycles. The number of rotatable bonds is 3. The molecule has 1 fully saturated rings. The fourth-order valence-corrected chi connectivity index (χ4v) is 5.73. The van der Waals surface area contributed by atoms with Crippen molar-refractivity contribution in [3.63, 3.8) is 0 Å². The fourth-order valence-electron chi connectivity index (χ4n) is 3.90. The topological polar surface area (TPSA) is 81.4 Å². The molecule has 29 heavy (non-hydrogen) atoms. The maximum absolute atomic E-state index is 13.4. The van der Waals surface area contributed by atoms with E-state index < -0.39 is 21.1 Å². The summed E-state index contributed by atoms with van der Waals surface area (Å²) in [5.74, 6) is 0. The smallest absolute Gasteiger partial charge is 0.305 e. The van der Waals surface area contributed by atoms with Crippen molar-refractivity contribution < 1.29 is 8.42 Å². The zero-order chi connectivity index (χ0) is 20.9. The number of hydrogen-bond donors (Lipinski definition) is 0. The predicted molar refractivity (Wildman–Crippen MR) is 112 cm³/mol. The van der Waals surface area contributed by atoms with Crippen molar-refractivity contribution in [3.05, 3.63) is 73.8 Å². The van der Waals surface area contributed by atoms with Gasteiger partial charge in [0.25, 0.3) is 0 Å². The first-order valence-corrected chi connectivity index (χ1v) is 11.0. The Kier molecular flexibility index (Phi) is 4.88. The van der Waals surface area contributed by atoms with Crippen LogP contribution in [0.3, 0.4) is 0 Å². The van der Waals surface area contributed by atoms with Gasteiger partial charge in [0, 0.05) is 25.7 Å². The van der Waals surface area contributed by atoms with Crippen LogP contribution in [0.5, 0.6) is 0 Å². The number of sulfonamides is 1. The number of benzene rings is 2. The van der Waals surface area contributed by atoms with Gasteiger partial charge in [-0.1, -0.05) is 23.7 Å². The second kappa shape index (κ2) is 7.12. The van der Waals surface area contributed by atoms with E-state index in [2.05, 4.69) is 0 Å². The molecule has 2 aromatic carbocycles. The van der Waals surface area contributed by atoms with Crippen LogP contribution >= 0.6 is 11.6 Å². The van der Waals surface area contributed by atoms with Gasteiger partial charge in [-0.3, -0.25) is 9.59 Å². The Morgan fingerprint density at radius 3 is 2.21 bits per heavy atom. The molecular weight excluding hydrogens is 414 g/mol. The summed E-state index contributed by atoms with van der Waals surface area (Å²) in [5, 5.41) is 0.599. The van der Waals surface area contributed by atoms with E-state index in [-0.39, 0.29) is 10.9 Å². The van der Waals surface area contributed by atoms with Crippen LogP contribution in [0.15, 0.2) is 56.9 Å². The first kappa shape index (κ1) is 19.9. The number of aryl methyl sites for hydroxylation is 2. The molecule has 1 unspecified atom stereocenters. The van der Waals surface area contributed by atoms with Gasteiger partial charge >= 0.3 is 11.1 Å². The normalized spacial score (nSPS) is 17.8. The minimum absolute atomic E-state index is 0.0968. The van der Waals surface area contributed by atoms with Crippen molar-refractivity contribution in [1.29, 1.82) is 0 Å². The summed E-state index contributed by atoms with van der Waals surface area (Å²) < 4.78 is 30.8. The van der Waals surface area contributed by atoms with Crippen molar-refractivity contribution in [2.24, 2.45) is 14.1 Å². The number of fused-ring (bicyclic) bond motifs is 1. The van der Waals surface area contributed by atoms with Crippen LogP contribution in [0.4, 0.5) is 0 Å². The predicted octanol–water partition coefficient (Wildman–Crippen LogP) is 2.42. The molecular formula is C20H20ClN3O4S. The minimum Gasteiger partial charge on any atom is -0.305 e. The maximum Gasteiger partial charge on any atom is 0.316 e. The van der Waals surface area contributed by atoms with Crippen LogP contribution in [0.2, 0.25) is 5.02 Å². The van der Waals surface area contributed by atoms with E-state index in [1.807, 2.05) is 12.1 Å². The van der Waals surface area contributed by atoms with E-state index in [4.69, 9.17) is 11.6 Å². The molecule has 0 saturated carbocycles. The van der Waals surface area contributed by atoms with E-state index in [0.29, 0.717) is 22.6 Å². The Labute approximate surface area is 172 Å². The lowest BCUT2D eigenvalue weighted by molar-refractivity contribution is 0.397. The van der Waals surface area contributed by atoms with E-state index >= 15 is 0 Å². The van der Waals surface area contributed by atoms with Crippen molar-refractivity contribution in [2.45, 2.75) is 23.8 Å². The molecule has 1 aliphatic rings. The monoisotopic (exact) mass is 433 g/mol. The molecule has 152 valence electrons. The number of nitrogens with zero attached hydrogens (tertiary/aromatic N) is 3. The van der Waals surface area contributed by atoms with Crippen LogP contribution in [0.1, 0.15) is 24.4 Å². The summed E-state index contributed by atoms with van der Waals surface area (Å²) in [6, 6.07) is 11.5. The van der Waals surface area contributed by atoms with Gasteiger partial charge in [0.15, 0.2) is 0 Å². The zero-order valence-electron chi connectivity index (χ0n) is 16.0. The number of aromatic nitrogens is 2. The molecule has 7 nitrogen and oxygen atoms in total. The van der Waals surface area contributed by atoms with E-state index in [9.17, 15) is 18.0 Å². The standard InChI is InChI=1S/C20H20ClN3O4S/c1-22-17-10-9-15(12-18(17)23(2)20(26)19(22)25)29(27,28)24-11-3-4-16(24)13-5-7-14(21)8-6-13/h5-10,12,16H,3-4,11H2,1-2H3. The maximum atomic E-state index is 13.4. The highest BCUT2D eigenvalue weighted by atomic mass is 35.5. The van der Waals surface area contributed by atoms with Gasteiger partial charge in [-0.15, -0.1) is 0 Å². The van der Waals surface area contributed by atoms with Crippen molar-refractivity contribution in [3.8, 4) is 0 Å². The third-order valence-corrected chi connectivity index (χ3v) is 7.68. The average Bonchev–Trinajstić information content (AvgIpc) is 3.21. The van der Waals surface area contributed by atoms with Crippen molar-refractivity contribution in [1.82, 2.24) is 13.4 Å². The Bertz CT molecular complexity index is 1330. The molecule has 0 spiro atoms. The molecule has 4 rings (SSSR count). The molecule has 0 radical (unpaired) electrons. The molecule has 3 aromatic rings. The van der Waals surface area contributed by atoms with Gasteiger partial charge in [-0.25, -0.2) is 8.42 Å². The van der Waals surface area contributed by atoms with Gasteiger partial charge in [-0.2, -0.15) is 4.31 Å². The Morgan fingerprint density at radius 1 is 0.931 bits per heavy atom. The Morgan fingerprint density at radius 2 is 1.55 bits per heavy atom. The van der Waals surface area contributed by atoms with Crippen LogP contribution < -0.4 is 11.1 Å². The lowest BCUT2D eigenvalue weighted by Gasteiger charge is -2.25. The highest BCUT2D eigenvalue weighted by Crippen LogP contribution is 2.37. The molecule has 9 heteroatoms. The summed E-state index contributed by atoms with van der Waals surface area (Å²) in [7, 11) is -0.828. The SMILES string of the molecule is Cn1c(=O)c(=O)n(C)c2cc(S(=O)(=O)N3CCCC3c3ccc(Cl)cc3)ccc21. The average molecular weight is 434 g/mol. The van der Waals surface area contributed by atoms with Crippen LogP contribution in [0, 0.1) is 0 Å². The summed E-state index contributed by atoms with van der Waals surface area (Å²) in [6.45, 7) is 0.417. The van der Waals surface area contributed by atoms with E-state index in [1.54, 1.807) is 18.2 Å². The first-order valence-electron chi connectivity index (χ1n) is 9.19. The van der Waals surface area contributed by atoms with Crippen LogP contribution in [-0.4, -0.2) is 28.4 Å². The molecule has 0 amide bonds. The first-order chi connectivity index (χ1) is 13.7. The molecule has 0 N–H and O–H groups in total. The minimum atomic E-state index is -3.79. The summed E-state index contributed by atoms with van der Waals surface area (Å²) in [5.41, 5.74) is 0.422. The summed E-state index contributed by atoms with van der Waals surface area (Å²) in [6.07, 6.45) is 1.48. The van der Waals surface area contributed by atoms with Gasteiger partial charge in [-0.05, 0) is 48.7 Å². The second-order valence-electron chi connectivity index (χ2n) is 7.20. The Balaban J connectivity index is 1.83. The van der Waals surface area contributed by atoms with Gasteiger partial charge in [0.05, 0.1) is 22.0 Å². The second-order valence-corrected chi connectivity index (χ2v) is 9.53. The molecule has 1 aliphatic heterocycles. The van der Waals surface area contributed by atoms with Crippen molar-refractivity contribution in [2.75, 3.05) is 6.54 Å². The molecule has 1 atom stereocenters. The van der Waals surface area contributed by atoms with E-state index in [1.165, 1.54) is 39.7 Å². The Hall–Kier alpha value is -2.42. The van der Waals surface area contributed by atoms with Gasteiger partial charge in [0.1, 0.15) is 0 Å². The third-order valence-electron chi connectivity index (χ3n) is 5.53. The number of halogens is 1. The molecule has 0 bridgehead atoms. The highest BCUT2D eigenvalue weighted by Gasteiger charge is 2.36. The van der Waals surface area contributed by atoms with Gasteiger partial charge < -0.3 is 9.13 Å². The van der Waals surface area contributed by atoms with E-state index in [0.717, 1.165) is 18.4 Å². The van der Waals surface area contributed by atoms with Gasteiger partial charge in [0.2, 0.25) is 10.0 Å². The third kappa shape index (κ3) is 3.21. The van der Waals surface area contributed by atoms with Crippen molar-refractivity contribution >= 4 is 32.7 Å². The zero-order valence-corrected chi connectivity index (χ0v) is 17.6. The fraction of sp³-hybridized carbons (Fsp3) is 0.300. The quantitative estimate of drug-likeness (QED) is 0.594. The summed E-state index contributed by atoms with van der Waals surface area (Å²) in [4.78, 5) is 24.3. The van der Waals surface area contributed by atoms with Crippen LogP contribution in [0.25, 0.3) is 11.0 Å². The molecule has 1 aromatic heterocycles. The summed E-state index contributed by atoms with van der Waals surface area (Å²) >= 11 is 5.96. The van der Waals surface area contributed by atoms with Crippen LogP contribution in [-0.2, 0) is 24.1 Å². The lowest BCUT2D eigenvalue weighted by atomic mass is 10.1. The molecule has 0 aliphatic carbocycles. The highest BCUT2D eigenvalue weighted by molar-refractivity contribution is 7.89. The lowest BCUT2D eigenvalue weighted by Crippen LogP contribution is -2.39.